The van der Waals surface area contributed by atoms with Crippen LogP contribution in [0.1, 0.15) is 28.8 Å². The smallest absolute Gasteiger partial charge is 0.410 e. The predicted octanol–water partition coefficient (Wildman–Crippen LogP) is 3.83. The molecular weight excluding hydrogens is 502 g/mol. The summed E-state index contributed by atoms with van der Waals surface area (Å²) in [4.78, 5) is 31.9. The van der Waals surface area contributed by atoms with Gasteiger partial charge >= 0.3 is 6.09 Å². The van der Waals surface area contributed by atoms with Gasteiger partial charge in [0.1, 0.15) is 17.6 Å². The number of ether oxygens (including phenoxy) is 1. The Morgan fingerprint density at radius 2 is 1.65 bits per heavy atom. The van der Waals surface area contributed by atoms with Crippen LogP contribution in [0, 0.1) is 0 Å². The van der Waals surface area contributed by atoms with E-state index in [1.54, 1.807) is 47.4 Å². The van der Waals surface area contributed by atoms with Crippen molar-refractivity contribution in [2.45, 2.75) is 36.1 Å². The monoisotopic (exact) mass is 530 g/mol. The summed E-state index contributed by atoms with van der Waals surface area (Å²) < 4.78 is 30.3. The molecular formula is C25H28F2N6O3S. The van der Waals surface area contributed by atoms with Gasteiger partial charge in [-0.15, -0.1) is 0 Å². The van der Waals surface area contributed by atoms with Crippen LogP contribution in [0.2, 0.25) is 0 Å². The summed E-state index contributed by atoms with van der Waals surface area (Å²) in [6.07, 6.45) is 1.42. The second-order valence-electron chi connectivity index (χ2n) is 9.15. The van der Waals surface area contributed by atoms with E-state index in [0.717, 1.165) is 37.0 Å². The van der Waals surface area contributed by atoms with Gasteiger partial charge in [0, 0.05) is 55.8 Å². The summed E-state index contributed by atoms with van der Waals surface area (Å²) >= 11 is 0.488. The van der Waals surface area contributed by atoms with E-state index < -0.39 is 5.76 Å². The lowest BCUT2D eigenvalue weighted by atomic mass is 10.0. The number of piperidine rings is 1. The maximum absolute atomic E-state index is 13.0. The van der Waals surface area contributed by atoms with Gasteiger partial charge in [-0.2, -0.15) is 24.2 Å². The highest BCUT2D eigenvalue weighted by molar-refractivity contribution is 7.99. The molecule has 0 bridgehead atoms. The average molecular weight is 531 g/mol. The number of fused-ring (bicyclic) bond motifs is 1. The number of nitrogens with one attached hydrogen (secondary N) is 1. The number of hydrogen-bond donors (Lipinski definition) is 1. The standard InChI is InChI=1S/C25H28F2N6O3S/c26-24(27)37-20-4-1-17(2-5-20)16-36-25(35)33-13-11-31(12-14-33)19-7-9-32(10-8-19)23(34)18-3-6-21-22(15-18)29-30-28-21/h1-6,15,19,24H,7-14,16H2,(H,28,29,30). The van der Waals surface area contributed by atoms with Crippen LogP contribution >= 0.6 is 11.8 Å². The zero-order chi connectivity index (χ0) is 25.8. The van der Waals surface area contributed by atoms with E-state index in [9.17, 15) is 18.4 Å². The van der Waals surface area contributed by atoms with E-state index in [-0.39, 0.29) is 18.6 Å². The molecule has 37 heavy (non-hydrogen) atoms. The zero-order valence-corrected chi connectivity index (χ0v) is 21.0. The number of rotatable bonds is 6. The normalized spacial score (nSPS) is 17.5. The van der Waals surface area contributed by atoms with Crippen molar-refractivity contribution in [2.75, 3.05) is 39.3 Å². The second kappa shape index (κ2) is 11.4. The lowest BCUT2D eigenvalue weighted by Crippen LogP contribution is -2.54. The van der Waals surface area contributed by atoms with Crippen LogP contribution in [0.3, 0.4) is 0 Å². The van der Waals surface area contributed by atoms with Gasteiger partial charge in [-0.3, -0.25) is 9.69 Å². The van der Waals surface area contributed by atoms with Gasteiger partial charge in [0.15, 0.2) is 0 Å². The lowest BCUT2D eigenvalue weighted by Gasteiger charge is -2.42. The van der Waals surface area contributed by atoms with Gasteiger partial charge in [0.2, 0.25) is 0 Å². The highest BCUT2D eigenvalue weighted by Crippen LogP contribution is 2.25. The van der Waals surface area contributed by atoms with Gasteiger partial charge in [0.05, 0.1) is 0 Å². The second-order valence-corrected chi connectivity index (χ2v) is 10.2. The first kappa shape index (κ1) is 25.4. The minimum absolute atomic E-state index is 0.0123. The molecule has 2 saturated heterocycles. The Morgan fingerprint density at radius 1 is 0.946 bits per heavy atom. The zero-order valence-electron chi connectivity index (χ0n) is 20.2. The summed E-state index contributed by atoms with van der Waals surface area (Å²) in [5.74, 6) is -2.45. The molecule has 1 aromatic heterocycles. The molecule has 0 atom stereocenters. The number of benzene rings is 2. The minimum atomic E-state index is -2.46. The van der Waals surface area contributed by atoms with E-state index in [2.05, 4.69) is 20.3 Å². The van der Waals surface area contributed by atoms with Gasteiger partial charge in [-0.05, 0) is 48.7 Å². The van der Waals surface area contributed by atoms with Crippen LogP contribution in [0.4, 0.5) is 13.6 Å². The van der Waals surface area contributed by atoms with Crippen molar-refractivity contribution in [3.8, 4) is 0 Å². The lowest BCUT2D eigenvalue weighted by molar-refractivity contribution is 0.0394. The van der Waals surface area contributed by atoms with Crippen LogP contribution in [0.5, 0.6) is 0 Å². The molecule has 5 rings (SSSR count). The molecule has 3 aromatic rings. The number of aromatic nitrogens is 3. The van der Waals surface area contributed by atoms with Crippen LogP contribution in [0.25, 0.3) is 11.0 Å². The molecule has 9 nitrogen and oxygen atoms in total. The number of likely N-dealkylation sites (tertiary alicyclic amines) is 1. The van der Waals surface area contributed by atoms with Gasteiger partial charge in [0.25, 0.3) is 11.7 Å². The van der Waals surface area contributed by atoms with E-state index >= 15 is 0 Å². The largest absolute Gasteiger partial charge is 0.445 e. The maximum atomic E-state index is 13.0. The van der Waals surface area contributed by atoms with Crippen molar-refractivity contribution in [1.82, 2.24) is 30.1 Å². The van der Waals surface area contributed by atoms with Crippen LogP contribution in [-0.2, 0) is 11.3 Å². The molecule has 2 aromatic carbocycles. The third-order valence-corrected chi connectivity index (χ3v) is 7.64. The van der Waals surface area contributed by atoms with Crippen LogP contribution < -0.4 is 0 Å². The van der Waals surface area contributed by atoms with Gasteiger partial charge in [-0.25, -0.2) is 4.79 Å². The van der Waals surface area contributed by atoms with Gasteiger partial charge < -0.3 is 14.5 Å². The summed E-state index contributed by atoms with van der Waals surface area (Å²) in [6.45, 7) is 4.18. The first-order chi connectivity index (χ1) is 18.0. The van der Waals surface area contributed by atoms with Crippen molar-refractivity contribution in [3.05, 3.63) is 53.6 Å². The van der Waals surface area contributed by atoms with Crippen molar-refractivity contribution in [2.24, 2.45) is 0 Å². The van der Waals surface area contributed by atoms with Crippen molar-refractivity contribution >= 4 is 34.8 Å². The molecule has 196 valence electrons. The SMILES string of the molecule is O=C(OCc1ccc(SC(F)F)cc1)N1CCN(C2CCN(C(=O)c3ccc4n[nH]nc4c3)CC2)CC1. The molecule has 0 unspecified atom stereocenters. The molecule has 0 saturated carbocycles. The van der Waals surface area contributed by atoms with Crippen molar-refractivity contribution in [1.29, 1.82) is 0 Å². The molecule has 2 aliphatic heterocycles. The summed E-state index contributed by atoms with van der Waals surface area (Å²) in [5.41, 5.74) is 2.79. The molecule has 1 N–H and O–H groups in total. The van der Waals surface area contributed by atoms with Crippen LogP contribution in [0.15, 0.2) is 47.4 Å². The number of thioether (sulfide) groups is 1. The minimum Gasteiger partial charge on any atom is -0.445 e. The fraction of sp³-hybridized carbons (Fsp3) is 0.440. The van der Waals surface area contributed by atoms with Crippen molar-refractivity contribution < 1.29 is 23.1 Å². The number of H-pyrrole nitrogens is 1. The summed E-state index contributed by atoms with van der Waals surface area (Å²) in [7, 11) is 0. The average Bonchev–Trinajstić information content (AvgIpc) is 3.40. The number of carbonyl (C=O) groups is 2. The highest BCUT2D eigenvalue weighted by atomic mass is 32.2. The number of nitrogens with zero attached hydrogens (tertiary/aromatic N) is 5. The fourth-order valence-electron chi connectivity index (χ4n) is 4.86. The summed E-state index contributed by atoms with van der Waals surface area (Å²) in [6, 6.07) is 12.3. The Bertz CT molecular complexity index is 1220. The topological polar surface area (TPSA) is 94.7 Å². The molecule has 2 amide bonds. The molecule has 0 aliphatic carbocycles. The van der Waals surface area contributed by atoms with Crippen molar-refractivity contribution in [3.63, 3.8) is 0 Å². The molecule has 12 heteroatoms. The quantitative estimate of drug-likeness (QED) is 0.484. The molecule has 0 spiro atoms. The van der Waals surface area contributed by atoms with E-state index in [0.29, 0.717) is 60.0 Å². The number of piperazine rings is 1. The van der Waals surface area contributed by atoms with Crippen LogP contribution in [-0.4, -0.2) is 93.2 Å². The fourth-order valence-corrected chi connectivity index (χ4v) is 5.36. The maximum Gasteiger partial charge on any atom is 0.410 e. The number of halogens is 2. The summed E-state index contributed by atoms with van der Waals surface area (Å²) in [5, 5.41) is 10.7. The number of amides is 2. The number of aromatic amines is 1. The first-order valence-corrected chi connectivity index (χ1v) is 13.1. The number of hydrogen-bond acceptors (Lipinski definition) is 7. The molecule has 3 heterocycles. The predicted molar refractivity (Wildman–Crippen MR) is 134 cm³/mol. The highest BCUT2D eigenvalue weighted by Gasteiger charge is 2.31. The molecule has 2 aliphatic rings. The Morgan fingerprint density at radius 3 is 2.35 bits per heavy atom. The molecule has 2 fully saturated rings. The molecule has 0 radical (unpaired) electrons. The third kappa shape index (κ3) is 6.19. The number of carbonyl (C=O) groups excluding carboxylic acids is 2. The Kier molecular flexibility index (Phi) is 7.85. The Hall–Kier alpha value is -3.25. The Balaban J connectivity index is 1.04. The van der Waals surface area contributed by atoms with E-state index in [4.69, 9.17) is 4.74 Å². The van der Waals surface area contributed by atoms with Gasteiger partial charge in [-0.1, -0.05) is 23.9 Å². The van der Waals surface area contributed by atoms with E-state index in [1.165, 1.54) is 0 Å². The number of alkyl halides is 2. The van der Waals surface area contributed by atoms with E-state index in [1.807, 2.05) is 4.90 Å². The third-order valence-electron chi connectivity index (χ3n) is 6.91. The first-order valence-electron chi connectivity index (χ1n) is 12.3. The Labute approximate surface area is 217 Å².